The zero-order valence-electron chi connectivity index (χ0n) is 17.0. The van der Waals surface area contributed by atoms with Crippen molar-refractivity contribution in [2.45, 2.75) is 13.8 Å². The Balaban J connectivity index is 2.01. The first-order chi connectivity index (χ1) is 13.4. The first-order valence-corrected chi connectivity index (χ1v) is 9.50. The van der Waals surface area contributed by atoms with Gasteiger partial charge in [-0.2, -0.15) is 0 Å². The van der Waals surface area contributed by atoms with Crippen LogP contribution in [0.2, 0.25) is 0 Å². The molecule has 2 aromatic rings. The van der Waals surface area contributed by atoms with Crippen LogP contribution in [0.15, 0.2) is 42.6 Å². The quantitative estimate of drug-likeness (QED) is 0.696. The van der Waals surface area contributed by atoms with E-state index < -0.39 is 0 Å². The van der Waals surface area contributed by atoms with Crippen LogP contribution in [-0.2, 0) is 0 Å². The van der Waals surface area contributed by atoms with Crippen molar-refractivity contribution in [3.8, 4) is 0 Å². The summed E-state index contributed by atoms with van der Waals surface area (Å²) in [7, 11) is 3.87. The van der Waals surface area contributed by atoms with Crippen LogP contribution in [0, 0.1) is 0 Å². The monoisotopic (exact) mass is 383 g/mol. The van der Waals surface area contributed by atoms with Gasteiger partial charge in [0.25, 0.3) is 11.8 Å². The van der Waals surface area contributed by atoms with Crippen LogP contribution in [0.1, 0.15) is 34.7 Å². The van der Waals surface area contributed by atoms with Crippen LogP contribution >= 0.6 is 0 Å². The van der Waals surface area contributed by atoms with Crippen LogP contribution in [0.3, 0.4) is 0 Å². The molecule has 0 bridgehead atoms. The number of aromatic nitrogens is 1. The van der Waals surface area contributed by atoms with Gasteiger partial charge in [0.05, 0.1) is 0 Å². The normalized spacial score (nSPS) is 10.6. The molecule has 150 valence electrons. The zero-order valence-corrected chi connectivity index (χ0v) is 17.0. The number of carbonyl (C=O) groups is 2. The number of likely N-dealkylation sites (N-methyl/N-ethyl adjacent to an activating group) is 1. The molecule has 2 rings (SSSR count). The van der Waals surface area contributed by atoms with Crippen LogP contribution in [0.5, 0.6) is 0 Å². The van der Waals surface area contributed by atoms with Crippen LogP contribution in [-0.4, -0.2) is 62.0 Å². The Kier molecular flexibility index (Phi) is 7.95. The predicted octanol–water partition coefficient (Wildman–Crippen LogP) is 2.47. The second-order valence-corrected chi connectivity index (χ2v) is 6.66. The maximum atomic E-state index is 12.5. The van der Waals surface area contributed by atoms with Crippen molar-refractivity contribution in [1.82, 2.24) is 15.2 Å². The Morgan fingerprint density at radius 2 is 1.68 bits per heavy atom. The number of hydrogen-bond donors (Lipinski definition) is 2. The highest BCUT2D eigenvalue weighted by Crippen LogP contribution is 2.18. The van der Waals surface area contributed by atoms with Gasteiger partial charge in [-0.05, 0) is 64.3 Å². The number of benzene rings is 1. The van der Waals surface area contributed by atoms with E-state index in [0.717, 1.165) is 25.3 Å². The number of carbonyl (C=O) groups excluding carboxylic acids is 2. The summed E-state index contributed by atoms with van der Waals surface area (Å²) in [5.41, 5.74) is 2.43. The number of rotatable bonds is 9. The standard InChI is InChI=1S/C21H29N5O2/c1-5-26(6-2)18-9-7-17(8-10-18)24-20(27)16-11-12-22-19(15-16)21(28)23-13-14-25(3)4/h7-12,15H,5-6,13-14H2,1-4H3,(H,23,28)(H,24,27). The summed E-state index contributed by atoms with van der Waals surface area (Å²) < 4.78 is 0. The molecule has 0 aliphatic rings. The Morgan fingerprint density at radius 3 is 2.29 bits per heavy atom. The van der Waals surface area contributed by atoms with E-state index in [2.05, 4.69) is 34.4 Å². The van der Waals surface area contributed by atoms with Crippen molar-refractivity contribution in [2.75, 3.05) is 50.5 Å². The lowest BCUT2D eigenvalue weighted by atomic mass is 10.2. The van der Waals surface area contributed by atoms with Gasteiger partial charge in [-0.15, -0.1) is 0 Å². The largest absolute Gasteiger partial charge is 0.372 e. The lowest BCUT2D eigenvalue weighted by Crippen LogP contribution is -2.32. The average molecular weight is 383 g/mol. The average Bonchev–Trinajstić information content (AvgIpc) is 2.70. The summed E-state index contributed by atoms with van der Waals surface area (Å²) in [4.78, 5) is 33.0. The maximum Gasteiger partial charge on any atom is 0.269 e. The summed E-state index contributed by atoms with van der Waals surface area (Å²) in [5.74, 6) is -0.569. The summed E-state index contributed by atoms with van der Waals surface area (Å²) in [5, 5.41) is 5.66. The first kappa shape index (κ1) is 21.4. The van der Waals surface area contributed by atoms with E-state index in [1.165, 1.54) is 12.3 Å². The van der Waals surface area contributed by atoms with Gasteiger partial charge in [-0.1, -0.05) is 0 Å². The molecule has 28 heavy (non-hydrogen) atoms. The number of nitrogens with one attached hydrogen (secondary N) is 2. The molecule has 0 radical (unpaired) electrons. The maximum absolute atomic E-state index is 12.5. The second-order valence-electron chi connectivity index (χ2n) is 6.66. The predicted molar refractivity (Wildman–Crippen MR) is 113 cm³/mol. The summed E-state index contributed by atoms with van der Waals surface area (Å²) in [6.45, 7) is 7.32. The van der Waals surface area contributed by atoms with E-state index in [4.69, 9.17) is 0 Å². The van der Waals surface area contributed by atoms with Crippen molar-refractivity contribution in [3.05, 3.63) is 53.9 Å². The molecule has 2 N–H and O–H groups in total. The van der Waals surface area contributed by atoms with Crippen LogP contribution in [0.4, 0.5) is 11.4 Å². The Morgan fingerprint density at radius 1 is 1.00 bits per heavy atom. The Labute approximate surface area is 166 Å². The third-order valence-corrected chi connectivity index (χ3v) is 4.35. The lowest BCUT2D eigenvalue weighted by molar-refractivity contribution is 0.0946. The molecule has 1 aromatic carbocycles. The molecule has 0 fully saturated rings. The van der Waals surface area contributed by atoms with Gasteiger partial charge < -0.3 is 20.4 Å². The summed E-state index contributed by atoms with van der Waals surface area (Å²) >= 11 is 0. The van der Waals surface area contributed by atoms with Gasteiger partial charge in [0.1, 0.15) is 5.69 Å². The number of hydrogen-bond acceptors (Lipinski definition) is 5. The molecule has 1 aromatic heterocycles. The molecule has 2 amide bonds. The molecule has 7 heteroatoms. The highest BCUT2D eigenvalue weighted by atomic mass is 16.2. The molecule has 0 saturated carbocycles. The fraction of sp³-hybridized carbons (Fsp3) is 0.381. The van der Waals surface area contributed by atoms with Crippen LogP contribution < -0.4 is 15.5 Å². The highest BCUT2D eigenvalue weighted by Gasteiger charge is 2.12. The molecule has 0 atom stereocenters. The Hall–Kier alpha value is -2.93. The van der Waals surface area contributed by atoms with E-state index in [-0.39, 0.29) is 17.5 Å². The molecule has 0 unspecified atom stereocenters. The molecule has 0 aliphatic carbocycles. The summed E-state index contributed by atoms with van der Waals surface area (Å²) in [6, 6.07) is 10.8. The first-order valence-electron chi connectivity index (χ1n) is 9.50. The minimum atomic E-state index is -0.292. The van der Waals surface area contributed by atoms with Gasteiger partial charge in [0.2, 0.25) is 0 Å². The van der Waals surface area contributed by atoms with E-state index >= 15 is 0 Å². The van der Waals surface area contributed by atoms with E-state index in [1.54, 1.807) is 6.07 Å². The molecule has 7 nitrogen and oxygen atoms in total. The molecule has 0 spiro atoms. The van der Waals surface area contributed by atoms with Crippen molar-refractivity contribution in [3.63, 3.8) is 0 Å². The fourth-order valence-corrected chi connectivity index (χ4v) is 2.73. The van der Waals surface area contributed by atoms with Gasteiger partial charge in [0, 0.05) is 49.3 Å². The zero-order chi connectivity index (χ0) is 20.5. The number of amides is 2. The highest BCUT2D eigenvalue weighted by molar-refractivity contribution is 6.05. The van der Waals surface area contributed by atoms with Gasteiger partial charge in [-0.25, -0.2) is 0 Å². The van der Waals surface area contributed by atoms with Crippen molar-refractivity contribution >= 4 is 23.2 Å². The molecule has 0 saturated heterocycles. The van der Waals surface area contributed by atoms with Gasteiger partial charge in [0.15, 0.2) is 0 Å². The third-order valence-electron chi connectivity index (χ3n) is 4.35. The molecular formula is C21H29N5O2. The van der Waals surface area contributed by atoms with Crippen molar-refractivity contribution in [1.29, 1.82) is 0 Å². The minimum absolute atomic E-state index is 0.225. The smallest absolute Gasteiger partial charge is 0.269 e. The SMILES string of the molecule is CCN(CC)c1ccc(NC(=O)c2ccnc(C(=O)NCCN(C)C)c2)cc1. The number of nitrogens with zero attached hydrogens (tertiary/aromatic N) is 3. The van der Waals surface area contributed by atoms with E-state index in [0.29, 0.717) is 17.8 Å². The lowest BCUT2D eigenvalue weighted by Gasteiger charge is -2.21. The molecular weight excluding hydrogens is 354 g/mol. The Bertz CT molecular complexity index is 786. The number of pyridine rings is 1. The van der Waals surface area contributed by atoms with E-state index in [9.17, 15) is 9.59 Å². The molecule has 0 aliphatic heterocycles. The fourth-order valence-electron chi connectivity index (χ4n) is 2.73. The van der Waals surface area contributed by atoms with Gasteiger partial charge >= 0.3 is 0 Å². The van der Waals surface area contributed by atoms with Gasteiger partial charge in [-0.3, -0.25) is 14.6 Å². The third kappa shape index (κ3) is 6.06. The molecule has 1 heterocycles. The van der Waals surface area contributed by atoms with Crippen molar-refractivity contribution in [2.24, 2.45) is 0 Å². The van der Waals surface area contributed by atoms with E-state index in [1.807, 2.05) is 43.3 Å². The topological polar surface area (TPSA) is 77.6 Å². The second kappa shape index (κ2) is 10.4. The van der Waals surface area contributed by atoms with Crippen LogP contribution in [0.25, 0.3) is 0 Å². The number of anilines is 2. The summed E-state index contributed by atoms with van der Waals surface area (Å²) in [6.07, 6.45) is 1.47. The van der Waals surface area contributed by atoms with Crippen molar-refractivity contribution < 1.29 is 9.59 Å². The minimum Gasteiger partial charge on any atom is -0.372 e.